The molecule has 0 fully saturated rings. The second-order valence-corrected chi connectivity index (χ2v) is 4.59. The number of halogens is 1. The third-order valence-electron chi connectivity index (χ3n) is 2.37. The molecule has 0 aliphatic carbocycles. The lowest BCUT2D eigenvalue weighted by Gasteiger charge is -2.17. The van der Waals surface area contributed by atoms with Crippen molar-refractivity contribution in [2.45, 2.75) is 40.0 Å². The van der Waals surface area contributed by atoms with Crippen LogP contribution in [0.15, 0.2) is 0 Å². The zero-order valence-electron chi connectivity index (χ0n) is 9.18. The molecule has 0 aromatic heterocycles. The molecule has 0 rings (SSSR count). The number of hydrogen-bond donors (Lipinski definition) is 0. The third kappa shape index (κ3) is 7.51. The van der Waals surface area contributed by atoms with Crippen molar-refractivity contribution in [1.29, 1.82) is 0 Å². The zero-order valence-corrected chi connectivity index (χ0v) is 10.8. The van der Waals surface area contributed by atoms with Crippen molar-refractivity contribution in [2.24, 2.45) is 11.8 Å². The highest BCUT2D eigenvalue weighted by Gasteiger charge is 2.11. The van der Waals surface area contributed by atoms with Crippen LogP contribution in [0.5, 0.6) is 0 Å². The number of alkyl halides is 1. The maximum absolute atomic E-state index is 5.62. The molecule has 1 atom stereocenters. The normalized spacial score (nSPS) is 13.6. The topological polar surface area (TPSA) is 9.23 Å². The monoisotopic (exact) mass is 250 g/mol. The first-order valence-corrected chi connectivity index (χ1v) is 6.48. The molecule has 0 bridgehead atoms. The van der Waals surface area contributed by atoms with E-state index in [1.165, 1.54) is 19.3 Å². The van der Waals surface area contributed by atoms with Gasteiger partial charge in [-0.3, -0.25) is 0 Å². The summed E-state index contributed by atoms with van der Waals surface area (Å²) >= 11 is 3.52. The molecule has 0 aromatic carbocycles. The predicted octanol–water partition coefficient (Wildman–Crippen LogP) is 3.86. The minimum Gasteiger partial charge on any atom is -0.381 e. The molecule has 0 aliphatic heterocycles. The molecule has 1 nitrogen and oxygen atoms in total. The predicted molar refractivity (Wildman–Crippen MR) is 62.5 cm³/mol. The molecule has 1 unspecified atom stereocenters. The van der Waals surface area contributed by atoms with E-state index in [0.717, 1.165) is 18.5 Å². The van der Waals surface area contributed by atoms with Crippen LogP contribution in [-0.4, -0.2) is 18.5 Å². The number of rotatable bonds is 8. The van der Waals surface area contributed by atoms with Gasteiger partial charge in [0.2, 0.25) is 0 Å². The Morgan fingerprint density at radius 3 is 2.38 bits per heavy atom. The van der Waals surface area contributed by atoms with Gasteiger partial charge in [-0.25, -0.2) is 0 Å². The van der Waals surface area contributed by atoms with Gasteiger partial charge in [0.1, 0.15) is 0 Å². The van der Waals surface area contributed by atoms with Crippen LogP contribution < -0.4 is 0 Å². The van der Waals surface area contributed by atoms with E-state index in [0.29, 0.717) is 11.8 Å². The maximum Gasteiger partial charge on any atom is 0.0504 e. The molecule has 2 heteroatoms. The first kappa shape index (κ1) is 13.4. The molecule has 0 spiro atoms. The second-order valence-electron chi connectivity index (χ2n) is 3.94. The first-order chi connectivity index (χ1) is 6.22. The van der Waals surface area contributed by atoms with Crippen LogP contribution >= 0.6 is 15.9 Å². The van der Waals surface area contributed by atoms with Gasteiger partial charge in [-0.1, -0.05) is 49.5 Å². The molecule has 0 saturated heterocycles. The van der Waals surface area contributed by atoms with Gasteiger partial charge in [-0.15, -0.1) is 0 Å². The van der Waals surface area contributed by atoms with Gasteiger partial charge >= 0.3 is 0 Å². The molecule has 0 saturated carbocycles. The van der Waals surface area contributed by atoms with Gasteiger partial charge in [-0.2, -0.15) is 0 Å². The van der Waals surface area contributed by atoms with Crippen LogP contribution in [0, 0.1) is 11.8 Å². The lowest BCUT2D eigenvalue weighted by atomic mass is 9.99. The van der Waals surface area contributed by atoms with E-state index in [2.05, 4.69) is 36.7 Å². The summed E-state index contributed by atoms with van der Waals surface area (Å²) in [6.45, 7) is 8.56. The minimum atomic E-state index is 0.668. The van der Waals surface area contributed by atoms with Crippen molar-refractivity contribution < 1.29 is 4.74 Å². The molecule has 0 aliphatic rings. The van der Waals surface area contributed by atoms with E-state index in [-0.39, 0.29) is 0 Å². The van der Waals surface area contributed by atoms with Crippen LogP contribution in [0.1, 0.15) is 40.0 Å². The highest BCUT2D eigenvalue weighted by atomic mass is 79.9. The van der Waals surface area contributed by atoms with E-state index in [4.69, 9.17) is 4.74 Å². The Labute approximate surface area is 91.4 Å². The van der Waals surface area contributed by atoms with Crippen LogP contribution in [0.3, 0.4) is 0 Å². The largest absolute Gasteiger partial charge is 0.381 e. The summed E-state index contributed by atoms with van der Waals surface area (Å²) in [7, 11) is 0. The van der Waals surface area contributed by atoms with Crippen LogP contribution in [0.4, 0.5) is 0 Å². The minimum absolute atomic E-state index is 0.668. The molecular formula is C11H23BrO. The smallest absolute Gasteiger partial charge is 0.0504 e. The van der Waals surface area contributed by atoms with Crippen molar-refractivity contribution in [3.8, 4) is 0 Å². The maximum atomic E-state index is 5.62. The second kappa shape index (κ2) is 9.01. The standard InChI is InChI=1S/C11H23BrO/c1-4-5-6-7-13-9-11(8-12)10(2)3/h10-11H,4-9H2,1-3H3. The van der Waals surface area contributed by atoms with Gasteiger partial charge in [0.05, 0.1) is 6.61 Å². The van der Waals surface area contributed by atoms with Crippen LogP contribution in [-0.2, 0) is 4.74 Å². The van der Waals surface area contributed by atoms with E-state index in [9.17, 15) is 0 Å². The fourth-order valence-corrected chi connectivity index (χ4v) is 2.04. The van der Waals surface area contributed by atoms with Gasteiger partial charge in [0, 0.05) is 11.9 Å². The number of hydrogen-bond acceptors (Lipinski definition) is 1. The van der Waals surface area contributed by atoms with E-state index in [1.807, 2.05) is 0 Å². The Hall–Kier alpha value is 0.440. The Morgan fingerprint density at radius 1 is 1.23 bits per heavy atom. The average molecular weight is 251 g/mol. The van der Waals surface area contributed by atoms with Gasteiger partial charge in [-0.05, 0) is 18.3 Å². The Bertz CT molecular complexity index is 104. The van der Waals surface area contributed by atoms with Crippen molar-refractivity contribution in [3.05, 3.63) is 0 Å². The first-order valence-electron chi connectivity index (χ1n) is 5.36. The molecular weight excluding hydrogens is 228 g/mol. The number of ether oxygens (including phenoxy) is 1. The Balaban J connectivity index is 3.28. The SMILES string of the molecule is CCCCCOCC(CBr)C(C)C. The summed E-state index contributed by atoms with van der Waals surface area (Å²) in [5, 5.41) is 1.05. The quantitative estimate of drug-likeness (QED) is 0.470. The van der Waals surface area contributed by atoms with Gasteiger partial charge < -0.3 is 4.74 Å². The Morgan fingerprint density at radius 2 is 1.92 bits per heavy atom. The summed E-state index contributed by atoms with van der Waals surface area (Å²) in [5.74, 6) is 1.38. The highest BCUT2D eigenvalue weighted by Crippen LogP contribution is 2.14. The summed E-state index contributed by atoms with van der Waals surface area (Å²) in [4.78, 5) is 0. The Kier molecular flexibility index (Phi) is 9.32. The lowest BCUT2D eigenvalue weighted by Crippen LogP contribution is -2.17. The summed E-state index contributed by atoms with van der Waals surface area (Å²) in [5.41, 5.74) is 0. The molecule has 0 amide bonds. The fraction of sp³-hybridized carbons (Fsp3) is 1.00. The van der Waals surface area contributed by atoms with Crippen molar-refractivity contribution >= 4 is 15.9 Å². The summed E-state index contributed by atoms with van der Waals surface area (Å²) < 4.78 is 5.62. The van der Waals surface area contributed by atoms with E-state index < -0.39 is 0 Å². The molecule has 0 radical (unpaired) electrons. The summed E-state index contributed by atoms with van der Waals surface area (Å²) in [6.07, 6.45) is 3.78. The third-order valence-corrected chi connectivity index (χ3v) is 3.20. The molecule has 0 heterocycles. The van der Waals surface area contributed by atoms with E-state index >= 15 is 0 Å². The number of unbranched alkanes of at least 4 members (excludes halogenated alkanes) is 2. The van der Waals surface area contributed by atoms with Gasteiger partial charge in [0.15, 0.2) is 0 Å². The highest BCUT2D eigenvalue weighted by molar-refractivity contribution is 9.09. The average Bonchev–Trinajstić information content (AvgIpc) is 2.10. The van der Waals surface area contributed by atoms with Crippen molar-refractivity contribution in [2.75, 3.05) is 18.5 Å². The van der Waals surface area contributed by atoms with Crippen molar-refractivity contribution in [1.82, 2.24) is 0 Å². The van der Waals surface area contributed by atoms with Crippen LogP contribution in [0.2, 0.25) is 0 Å². The van der Waals surface area contributed by atoms with E-state index in [1.54, 1.807) is 0 Å². The molecule has 80 valence electrons. The summed E-state index contributed by atoms with van der Waals surface area (Å²) in [6, 6.07) is 0. The zero-order chi connectivity index (χ0) is 10.1. The van der Waals surface area contributed by atoms with Gasteiger partial charge in [0.25, 0.3) is 0 Å². The van der Waals surface area contributed by atoms with Crippen molar-refractivity contribution in [3.63, 3.8) is 0 Å². The molecule has 0 N–H and O–H groups in total. The fourth-order valence-electron chi connectivity index (χ4n) is 1.10. The van der Waals surface area contributed by atoms with Crippen LogP contribution in [0.25, 0.3) is 0 Å². The molecule has 0 aromatic rings. The lowest BCUT2D eigenvalue weighted by molar-refractivity contribution is 0.0891. The molecule has 13 heavy (non-hydrogen) atoms.